The Balaban J connectivity index is 1.77. The third kappa shape index (κ3) is 2.87. The Morgan fingerprint density at radius 1 is 1.13 bits per heavy atom. The second-order valence-electron chi connectivity index (χ2n) is 6.21. The van der Waals surface area contributed by atoms with Crippen molar-refractivity contribution in [2.45, 2.75) is 48.6 Å². The zero-order valence-electron chi connectivity index (χ0n) is 12.8. The summed E-state index contributed by atoms with van der Waals surface area (Å²) in [6.45, 7) is 0.747. The molecule has 120 valence electrons. The van der Waals surface area contributed by atoms with Crippen LogP contribution in [-0.4, -0.2) is 27.3 Å². The monoisotopic (exact) mass is 329 g/mol. The van der Waals surface area contributed by atoms with Crippen LogP contribution in [0, 0.1) is 0 Å². The van der Waals surface area contributed by atoms with Crippen LogP contribution in [0.4, 0.5) is 0 Å². The topological polar surface area (TPSA) is 64.0 Å². The molecule has 1 N–H and O–H groups in total. The molecule has 1 aliphatic heterocycles. The fraction of sp³-hybridized carbons (Fsp3) is 0.471. The molecule has 1 atom stereocenters. The third-order valence-corrected chi connectivity index (χ3v) is 5.65. The van der Waals surface area contributed by atoms with Gasteiger partial charge in [-0.15, -0.1) is 0 Å². The van der Waals surface area contributed by atoms with Crippen molar-refractivity contribution < 1.29 is 4.79 Å². The van der Waals surface area contributed by atoms with E-state index in [1.54, 1.807) is 0 Å². The number of para-hydroxylation sites is 1. The quantitative estimate of drug-likeness (QED) is 0.879. The molecule has 1 aliphatic carbocycles. The van der Waals surface area contributed by atoms with E-state index in [1.807, 2.05) is 28.8 Å². The Hall–Kier alpha value is -1.82. The Labute approximate surface area is 138 Å². The molecule has 0 unspecified atom stereocenters. The molecule has 5 nitrogen and oxygen atoms in total. The van der Waals surface area contributed by atoms with Crippen molar-refractivity contribution in [3.05, 3.63) is 34.6 Å². The van der Waals surface area contributed by atoms with E-state index in [-0.39, 0.29) is 22.8 Å². The predicted molar refractivity (Wildman–Crippen MR) is 90.8 cm³/mol. The molecule has 6 heteroatoms. The standard InChI is InChI=1S/C17H19N3O2S/c21-15-14(7-3-4-10-18-15)23-17-19-13-6-2-1-5-12(13)16(22)20(17)11-8-9-11/h1-2,5-6,11,14H,3-4,7-10H2,(H,18,21)/t14-/m0/s1. The Morgan fingerprint density at radius 2 is 1.96 bits per heavy atom. The van der Waals surface area contributed by atoms with Gasteiger partial charge in [-0.3, -0.25) is 14.2 Å². The average molecular weight is 329 g/mol. The number of rotatable bonds is 3. The zero-order valence-corrected chi connectivity index (χ0v) is 13.6. The van der Waals surface area contributed by atoms with Crippen LogP contribution in [0.3, 0.4) is 0 Å². The minimum absolute atomic E-state index is 0.0228. The Bertz CT molecular complexity index is 813. The first-order chi connectivity index (χ1) is 11.2. The van der Waals surface area contributed by atoms with Crippen LogP contribution < -0.4 is 10.9 Å². The first-order valence-electron chi connectivity index (χ1n) is 8.20. The highest BCUT2D eigenvalue weighted by molar-refractivity contribution is 8.00. The summed E-state index contributed by atoms with van der Waals surface area (Å²) >= 11 is 1.45. The lowest BCUT2D eigenvalue weighted by molar-refractivity contribution is -0.120. The van der Waals surface area contributed by atoms with Crippen molar-refractivity contribution in [2.24, 2.45) is 0 Å². The molecule has 4 rings (SSSR count). The van der Waals surface area contributed by atoms with Gasteiger partial charge in [0.05, 0.1) is 16.2 Å². The summed E-state index contributed by atoms with van der Waals surface area (Å²) in [6, 6.07) is 7.70. The lowest BCUT2D eigenvalue weighted by Gasteiger charge is -2.16. The SMILES string of the molecule is O=C1NCCCC[C@@H]1Sc1nc2ccccc2c(=O)n1C1CC1. The van der Waals surface area contributed by atoms with Gasteiger partial charge in [0.15, 0.2) is 5.16 Å². The summed E-state index contributed by atoms with van der Waals surface area (Å²) in [7, 11) is 0. The van der Waals surface area contributed by atoms with Crippen LogP contribution in [-0.2, 0) is 4.79 Å². The lowest BCUT2D eigenvalue weighted by Crippen LogP contribution is -2.32. The molecule has 1 saturated heterocycles. The van der Waals surface area contributed by atoms with Gasteiger partial charge in [0.2, 0.25) is 5.91 Å². The average Bonchev–Trinajstić information content (AvgIpc) is 3.38. The van der Waals surface area contributed by atoms with Crippen molar-refractivity contribution in [1.82, 2.24) is 14.9 Å². The lowest BCUT2D eigenvalue weighted by atomic mass is 10.2. The molecule has 2 aromatic rings. The molecule has 2 aliphatic rings. The summed E-state index contributed by atoms with van der Waals surface area (Å²) in [6.07, 6.45) is 4.92. The number of aromatic nitrogens is 2. The maximum atomic E-state index is 12.8. The van der Waals surface area contributed by atoms with Crippen LogP contribution in [0.5, 0.6) is 0 Å². The number of amides is 1. The largest absolute Gasteiger partial charge is 0.355 e. The predicted octanol–water partition coefficient (Wildman–Crippen LogP) is 2.49. The summed E-state index contributed by atoms with van der Waals surface area (Å²) in [5.74, 6) is 0.0669. The molecule has 1 aromatic heterocycles. The van der Waals surface area contributed by atoms with E-state index in [0.29, 0.717) is 16.1 Å². The van der Waals surface area contributed by atoms with E-state index in [0.717, 1.165) is 38.6 Å². The summed E-state index contributed by atoms with van der Waals surface area (Å²) in [5.41, 5.74) is 0.737. The second kappa shape index (κ2) is 6.00. The van der Waals surface area contributed by atoms with Gasteiger partial charge in [-0.25, -0.2) is 4.98 Å². The number of hydrogen-bond donors (Lipinski definition) is 1. The van der Waals surface area contributed by atoms with Gasteiger partial charge in [0, 0.05) is 12.6 Å². The highest BCUT2D eigenvalue weighted by Gasteiger charge is 2.31. The van der Waals surface area contributed by atoms with Crippen molar-refractivity contribution >= 4 is 28.6 Å². The third-order valence-electron chi connectivity index (χ3n) is 4.42. The zero-order chi connectivity index (χ0) is 15.8. The minimum Gasteiger partial charge on any atom is -0.355 e. The number of carbonyl (C=O) groups is 1. The van der Waals surface area contributed by atoms with Crippen LogP contribution in [0.2, 0.25) is 0 Å². The molecule has 1 amide bonds. The van der Waals surface area contributed by atoms with Crippen LogP contribution in [0.15, 0.2) is 34.2 Å². The molecule has 2 fully saturated rings. The molecule has 0 bridgehead atoms. The van der Waals surface area contributed by atoms with Crippen LogP contribution in [0.25, 0.3) is 10.9 Å². The van der Waals surface area contributed by atoms with E-state index in [1.165, 1.54) is 11.8 Å². The molecule has 1 saturated carbocycles. The van der Waals surface area contributed by atoms with Gasteiger partial charge in [-0.1, -0.05) is 30.3 Å². The van der Waals surface area contributed by atoms with E-state index in [4.69, 9.17) is 4.98 Å². The first kappa shape index (κ1) is 14.8. The Kier molecular flexibility index (Phi) is 3.85. The number of hydrogen-bond acceptors (Lipinski definition) is 4. The molecule has 23 heavy (non-hydrogen) atoms. The van der Waals surface area contributed by atoms with Crippen molar-refractivity contribution in [1.29, 1.82) is 0 Å². The molecule has 2 heterocycles. The van der Waals surface area contributed by atoms with Crippen molar-refractivity contribution in [2.75, 3.05) is 6.54 Å². The maximum absolute atomic E-state index is 12.8. The van der Waals surface area contributed by atoms with Gasteiger partial charge in [0.1, 0.15) is 0 Å². The van der Waals surface area contributed by atoms with Crippen molar-refractivity contribution in [3.63, 3.8) is 0 Å². The summed E-state index contributed by atoms with van der Waals surface area (Å²) in [5, 5.41) is 4.15. The number of fused-ring (bicyclic) bond motifs is 1. The number of carbonyl (C=O) groups excluding carboxylic acids is 1. The van der Waals surface area contributed by atoms with Crippen LogP contribution in [0.1, 0.15) is 38.1 Å². The van der Waals surface area contributed by atoms with Gasteiger partial charge >= 0.3 is 0 Å². The van der Waals surface area contributed by atoms with E-state index in [9.17, 15) is 9.59 Å². The van der Waals surface area contributed by atoms with Gasteiger partial charge in [0.25, 0.3) is 5.56 Å². The van der Waals surface area contributed by atoms with Crippen LogP contribution >= 0.6 is 11.8 Å². The van der Waals surface area contributed by atoms with Gasteiger partial charge < -0.3 is 5.32 Å². The highest BCUT2D eigenvalue weighted by Crippen LogP contribution is 2.38. The summed E-state index contributed by atoms with van der Waals surface area (Å²) in [4.78, 5) is 29.8. The summed E-state index contributed by atoms with van der Waals surface area (Å²) < 4.78 is 1.81. The molecular formula is C17H19N3O2S. The van der Waals surface area contributed by atoms with E-state index < -0.39 is 0 Å². The fourth-order valence-electron chi connectivity index (χ4n) is 3.01. The van der Waals surface area contributed by atoms with Gasteiger partial charge in [-0.05, 0) is 37.8 Å². The first-order valence-corrected chi connectivity index (χ1v) is 9.07. The normalized spacial score (nSPS) is 21.9. The van der Waals surface area contributed by atoms with Crippen molar-refractivity contribution in [3.8, 4) is 0 Å². The minimum atomic E-state index is -0.157. The van der Waals surface area contributed by atoms with E-state index in [2.05, 4.69) is 5.32 Å². The number of nitrogens with zero attached hydrogens (tertiary/aromatic N) is 2. The highest BCUT2D eigenvalue weighted by atomic mass is 32.2. The number of thioether (sulfide) groups is 1. The maximum Gasteiger partial charge on any atom is 0.262 e. The Morgan fingerprint density at radius 3 is 2.78 bits per heavy atom. The molecular weight excluding hydrogens is 310 g/mol. The van der Waals surface area contributed by atoms with Gasteiger partial charge in [-0.2, -0.15) is 0 Å². The van der Waals surface area contributed by atoms with E-state index >= 15 is 0 Å². The fourth-order valence-corrected chi connectivity index (χ4v) is 4.24. The second-order valence-corrected chi connectivity index (χ2v) is 7.38. The molecule has 0 spiro atoms. The molecule has 1 aromatic carbocycles. The number of benzene rings is 1. The smallest absolute Gasteiger partial charge is 0.262 e. The number of nitrogens with one attached hydrogen (secondary N) is 1. The molecule has 0 radical (unpaired) electrons.